The van der Waals surface area contributed by atoms with Gasteiger partial charge in [-0.25, -0.2) is 0 Å². The second-order valence-electron chi connectivity index (χ2n) is 7.10. The van der Waals surface area contributed by atoms with Crippen molar-refractivity contribution in [3.05, 3.63) is 41.6 Å². The van der Waals surface area contributed by atoms with Crippen molar-refractivity contribution in [2.75, 3.05) is 13.1 Å². The second-order valence-corrected chi connectivity index (χ2v) is 7.10. The summed E-state index contributed by atoms with van der Waals surface area (Å²) in [6.45, 7) is 2.82. The third kappa shape index (κ3) is 2.19. The van der Waals surface area contributed by atoms with E-state index in [2.05, 4.69) is 4.98 Å². The normalized spacial score (nSPS) is 25.9. The smallest absolute Gasteiger partial charge is 0.311 e. The number of aliphatic carboxylic acids is 1. The van der Waals surface area contributed by atoms with Gasteiger partial charge in [0.25, 0.3) is 5.91 Å². The maximum absolute atomic E-state index is 12.9. The number of carbonyl (C=O) groups is 2. The monoisotopic (exact) mass is 324 g/mol. The number of fused-ring (bicyclic) bond motifs is 2. The summed E-state index contributed by atoms with van der Waals surface area (Å²) in [5.74, 6) is -0.741. The molecule has 4 rings (SSSR count). The number of rotatable bonds is 2. The Morgan fingerprint density at radius 1 is 1.29 bits per heavy atom. The fourth-order valence-corrected chi connectivity index (χ4v) is 4.34. The van der Waals surface area contributed by atoms with Crippen molar-refractivity contribution < 1.29 is 14.7 Å². The molecule has 2 aromatic rings. The molecular formula is C19H20N2O3. The van der Waals surface area contributed by atoms with Crippen molar-refractivity contribution >= 4 is 22.8 Å². The summed E-state index contributed by atoms with van der Waals surface area (Å²) in [5.41, 5.74) is 1.68. The Bertz CT molecular complexity index is 848. The SMILES string of the molecule is Cc1ccc2cc(C(=O)N3C[C@@H]4CCC[C@@]4(C(=O)O)C3)ccc2n1. The Labute approximate surface area is 140 Å². The first-order valence-corrected chi connectivity index (χ1v) is 8.40. The van der Waals surface area contributed by atoms with Crippen molar-refractivity contribution in [2.45, 2.75) is 26.2 Å². The summed E-state index contributed by atoms with van der Waals surface area (Å²) in [6.07, 6.45) is 2.52. The van der Waals surface area contributed by atoms with Gasteiger partial charge in [0.2, 0.25) is 0 Å². The van der Waals surface area contributed by atoms with E-state index in [-0.39, 0.29) is 11.8 Å². The van der Waals surface area contributed by atoms with Crippen LogP contribution in [0.3, 0.4) is 0 Å². The van der Waals surface area contributed by atoms with E-state index in [0.29, 0.717) is 25.1 Å². The lowest BCUT2D eigenvalue weighted by Crippen LogP contribution is -2.37. The van der Waals surface area contributed by atoms with Crippen LogP contribution in [0.25, 0.3) is 10.9 Å². The van der Waals surface area contributed by atoms with Crippen LogP contribution in [0.15, 0.2) is 30.3 Å². The molecule has 2 aliphatic rings. The number of likely N-dealkylation sites (tertiary alicyclic amines) is 1. The number of carboxylic acids is 1. The lowest BCUT2D eigenvalue weighted by molar-refractivity contribution is -0.149. The van der Waals surface area contributed by atoms with Gasteiger partial charge in [-0.15, -0.1) is 0 Å². The van der Waals surface area contributed by atoms with Crippen LogP contribution in [0.4, 0.5) is 0 Å². The average molecular weight is 324 g/mol. The minimum Gasteiger partial charge on any atom is -0.481 e. The lowest BCUT2D eigenvalue weighted by atomic mass is 9.81. The Kier molecular flexibility index (Phi) is 3.34. The number of aryl methyl sites for hydroxylation is 1. The molecule has 2 fully saturated rings. The van der Waals surface area contributed by atoms with Crippen molar-refractivity contribution in [3.63, 3.8) is 0 Å². The maximum atomic E-state index is 12.9. The minimum atomic E-state index is -0.751. The molecule has 0 spiro atoms. The van der Waals surface area contributed by atoms with E-state index in [0.717, 1.165) is 29.4 Å². The number of carboxylic acid groups (broad SMARTS) is 1. The van der Waals surface area contributed by atoms with Gasteiger partial charge in [-0.05, 0) is 49.9 Å². The number of benzene rings is 1. The largest absolute Gasteiger partial charge is 0.481 e. The van der Waals surface area contributed by atoms with Gasteiger partial charge in [-0.2, -0.15) is 0 Å². The van der Waals surface area contributed by atoms with Gasteiger partial charge in [0.1, 0.15) is 0 Å². The fourth-order valence-electron chi connectivity index (χ4n) is 4.34. The lowest BCUT2D eigenvalue weighted by Gasteiger charge is -2.23. The van der Waals surface area contributed by atoms with Crippen LogP contribution in [0.1, 0.15) is 35.3 Å². The van der Waals surface area contributed by atoms with Crippen molar-refractivity contribution in [2.24, 2.45) is 11.3 Å². The summed E-state index contributed by atoms with van der Waals surface area (Å²) in [7, 11) is 0. The van der Waals surface area contributed by atoms with Gasteiger partial charge in [-0.1, -0.05) is 12.5 Å². The zero-order valence-electron chi connectivity index (χ0n) is 13.7. The van der Waals surface area contributed by atoms with E-state index in [1.807, 2.05) is 31.2 Å². The first kappa shape index (κ1) is 15.1. The van der Waals surface area contributed by atoms with Gasteiger partial charge in [0, 0.05) is 29.7 Å². The van der Waals surface area contributed by atoms with E-state index >= 15 is 0 Å². The van der Waals surface area contributed by atoms with Crippen LogP contribution >= 0.6 is 0 Å². The molecule has 1 aliphatic carbocycles. The van der Waals surface area contributed by atoms with Crippen LogP contribution in [0, 0.1) is 18.3 Å². The topological polar surface area (TPSA) is 70.5 Å². The Morgan fingerprint density at radius 2 is 2.12 bits per heavy atom. The molecule has 5 nitrogen and oxygen atoms in total. The first-order valence-electron chi connectivity index (χ1n) is 8.40. The molecule has 1 aromatic heterocycles. The van der Waals surface area contributed by atoms with Crippen molar-refractivity contribution in [3.8, 4) is 0 Å². The number of hydrogen-bond donors (Lipinski definition) is 1. The average Bonchev–Trinajstić information content (AvgIpc) is 3.12. The highest BCUT2D eigenvalue weighted by Gasteiger charge is 2.55. The molecule has 1 amide bonds. The highest BCUT2D eigenvalue weighted by atomic mass is 16.4. The van der Waals surface area contributed by atoms with E-state index in [4.69, 9.17) is 0 Å². The van der Waals surface area contributed by atoms with E-state index in [9.17, 15) is 14.7 Å². The summed E-state index contributed by atoms with van der Waals surface area (Å²) >= 11 is 0. The van der Waals surface area contributed by atoms with Crippen LogP contribution in [0.2, 0.25) is 0 Å². The molecule has 24 heavy (non-hydrogen) atoms. The van der Waals surface area contributed by atoms with Crippen LogP contribution in [-0.2, 0) is 4.79 Å². The molecular weight excluding hydrogens is 304 g/mol. The highest BCUT2D eigenvalue weighted by molar-refractivity contribution is 5.98. The molecule has 2 atom stereocenters. The quantitative estimate of drug-likeness (QED) is 0.922. The number of carbonyl (C=O) groups excluding carboxylic acids is 1. The molecule has 0 bridgehead atoms. The zero-order valence-corrected chi connectivity index (χ0v) is 13.7. The fraction of sp³-hybridized carbons (Fsp3) is 0.421. The Morgan fingerprint density at radius 3 is 2.88 bits per heavy atom. The second kappa shape index (κ2) is 5.30. The Hall–Kier alpha value is -2.43. The van der Waals surface area contributed by atoms with Gasteiger partial charge >= 0.3 is 5.97 Å². The number of amides is 1. The van der Waals surface area contributed by atoms with Crippen LogP contribution in [0.5, 0.6) is 0 Å². The van der Waals surface area contributed by atoms with Crippen molar-refractivity contribution in [1.29, 1.82) is 0 Å². The number of hydrogen-bond acceptors (Lipinski definition) is 3. The van der Waals surface area contributed by atoms with E-state index in [1.54, 1.807) is 11.0 Å². The van der Waals surface area contributed by atoms with Gasteiger partial charge < -0.3 is 10.0 Å². The molecule has 0 unspecified atom stereocenters. The molecule has 1 N–H and O–H groups in total. The van der Waals surface area contributed by atoms with Gasteiger partial charge in [0.05, 0.1) is 10.9 Å². The van der Waals surface area contributed by atoms with Crippen LogP contribution < -0.4 is 0 Å². The third-order valence-electron chi connectivity index (χ3n) is 5.66. The molecule has 1 saturated heterocycles. The predicted molar refractivity (Wildman–Crippen MR) is 89.8 cm³/mol. The molecule has 1 saturated carbocycles. The van der Waals surface area contributed by atoms with E-state index in [1.165, 1.54) is 0 Å². The minimum absolute atomic E-state index is 0.0764. The molecule has 124 valence electrons. The number of aromatic nitrogens is 1. The van der Waals surface area contributed by atoms with Gasteiger partial charge in [0.15, 0.2) is 0 Å². The van der Waals surface area contributed by atoms with Gasteiger partial charge in [-0.3, -0.25) is 14.6 Å². The maximum Gasteiger partial charge on any atom is 0.311 e. The first-order chi connectivity index (χ1) is 11.5. The number of pyridine rings is 1. The van der Waals surface area contributed by atoms with Crippen LogP contribution in [-0.4, -0.2) is 40.0 Å². The Balaban J connectivity index is 1.63. The number of nitrogens with zero attached hydrogens (tertiary/aromatic N) is 2. The predicted octanol–water partition coefficient (Wildman–Crippen LogP) is 2.87. The highest BCUT2D eigenvalue weighted by Crippen LogP contribution is 2.49. The third-order valence-corrected chi connectivity index (χ3v) is 5.66. The molecule has 1 aliphatic heterocycles. The molecule has 0 radical (unpaired) electrons. The summed E-state index contributed by atoms with van der Waals surface area (Å²) in [6, 6.07) is 9.39. The zero-order chi connectivity index (χ0) is 16.9. The summed E-state index contributed by atoms with van der Waals surface area (Å²) in [5, 5.41) is 10.6. The molecule has 1 aromatic carbocycles. The standard InChI is InChI=1S/C19H20N2O3/c1-12-4-5-13-9-14(6-7-16(13)20-12)17(22)21-10-15-3-2-8-19(15,11-21)18(23)24/h4-7,9,15H,2-3,8,10-11H2,1H3,(H,23,24)/t15-,19+/m0/s1. The molecule has 5 heteroatoms. The summed E-state index contributed by atoms with van der Waals surface area (Å²) in [4.78, 5) is 30.8. The van der Waals surface area contributed by atoms with Crippen molar-refractivity contribution in [1.82, 2.24) is 9.88 Å². The summed E-state index contributed by atoms with van der Waals surface area (Å²) < 4.78 is 0. The van der Waals surface area contributed by atoms with E-state index < -0.39 is 11.4 Å². The molecule has 2 heterocycles.